The molecule has 128 valence electrons. The molecule has 0 amide bonds. The van der Waals surface area contributed by atoms with Gasteiger partial charge in [-0.3, -0.25) is 9.52 Å². The lowest BCUT2D eigenvalue weighted by molar-refractivity contribution is 0.0994. The van der Waals surface area contributed by atoms with Crippen LogP contribution in [-0.2, 0) is 10.0 Å². The Morgan fingerprint density at radius 1 is 1.21 bits per heavy atom. The Labute approximate surface area is 149 Å². The van der Waals surface area contributed by atoms with Crippen LogP contribution in [0.3, 0.4) is 0 Å². The van der Waals surface area contributed by atoms with Crippen molar-refractivity contribution in [2.45, 2.75) is 17.1 Å². The quantitative estimate of drug-likeness (QED) is 0.595. The van der Waals surface area contributed by atoms with Crippen molar-refractivity contribution in [3.05, 3.63) is 58.9 Å². The van der Waals surface area contributed by atoms with Crippen molar-refractivity contribution in [2.75, 3.05) is 11.0 Å². The van der Waals surface area contributed by atoms with Crippen LogP contribution >= 0.6 is 23.4 Å². The summed E-state index contributed by atoms with van der Waals surface area (Å²) >= 11 is 7.01. The molecule has 0 aliphatic heterocycles. The highest BCUT2D eigenvalue weighted by Crippen LogP contribution is 2.29. The fourth-order valence-electron chi connectivity index (χ4n) is 1.96. The van der Waals surface area contributed by atoms with E-state index in [0.717, 1.165) is 6.26 Å². The molecule has 0 aromatic heterocycles. The normalized spacial score (nSPS) is 12.7. The van der Waals surface area contributed by atoms with Crippen LogP contribution in [-0.4, -0.2) is 25.7 Å². The molecule has 4 nitrogen and oxygen atoms in total. The first-order valence-corrected chi connectivity index (χ1v) is 10.0. The number of hydrogen-bond donors (Lipinski definition) is 1. The topological polar surface area (TPSA) is 63.2 Å². The number of sulfonamides is 1. The standard InChI is InChI=1S/C16H15ClFNO3S2/c1-10(23-13-7-8-15(18)14(17)9-13)16(20)11-3-5-12(6-4-11)19-24(2,21)22/h3-10,19H,1-2H3/t10-/m1/s1. The number of rotatable bonds is 6. The number of ketones is 1. The Kier molecular flexibility index (Phi) is 5.90. The van der Waals surface area contributed by atoms with Crippen LogP contribution in [0, 0.1) is 5.82 Å². The van der Waals surface area contributed by atoms with Gasteiger partial charge in [0.25, 0.3) is 0 Å². The molecule has 0 fully saturated rings. The van der Waals surface area contributed by atoms with Gasteiger partial charge in [0.15, 0.2) is 5.78 Å². The van der Waals surface area contributed by atoms with Crippen molar-refractivity contribution < 1.29 is 17.6 Å². The fraction of sp³-hybridized carbons (Fsp3) is 0.188. The summed E-state index contributed by atoms with van der Waals surface area (Å²) in [6.07, 6.45) is 1.05. The van der Waals surface area contributed by atoms with Gasteiger partial charge in [0.1, 0.15) is 5.82 Å². The minimum absolute atomic E-state index is 0.0100. The minimum Gasteiger partial charge on any atom is -0.293 e. The molecule has 8 heteroatoms. The van der Waals surface area contributed by atoms with E-state index in [1.54, 1.807) is 25.1 Å². The molecule has 0 unspecified atom stereocenters. The van der Waals surface area contributed by atoms with Gasteiger partial charge in [0.05, 0.1) is 16.5 Å². The van der Waals surface area contributed by atoms with Gasteiger partial charge in [-0.2, -0.15) is 0 Å². The summed E-state index contributed by atoms with van der Waals surface area (Å²) in [6.45, 7) is 1.74. The number of anilines is 1. The number of carbonyl (C=O) groups excluding carboxylic acids is 1. The molecule has 0 saturated heterocycles. The van der Waals surface area contributed by atoms with Gasteiger partial charge >= 0.3 is 0 Å². The van der Waals surface area contributed by atoms with Crippen molar-refractivity contribution in [2.24, 2.45) is 0 Å². The highest BCUT2D eigenvalue weighted by Gasteiger charge is 2.17. The minimum atomic E-state index is -3.36. The van der Waals surface area contributed by atoms with Crippen LogP contribution in [0.15, 0.2) is 47.4 Å². The van der Waals surface area contributed by atoms with E-state index in [0.29, 0.717) is 16.1 Å². The average Bonchev–Trinajstić information content (AvgIpc) is 2.49. The van der Waals surface area contributed by atoms with Crippen molar-refractivity contribution in [1.82, 2.24) is 0 Å². The molecule has 0 spiro atoms. The molecular weight excluding hydrogens is 373 g/mol. The third kappa shape index (κ3) is 5.22. The zero-order chi connectivity index (χ0) is 17.9. The smallest absolute Gasteiger partial charge is 0.229 e. The van der Waals surface area contributed by atoms with Gasteiger partial charge in [-0.15, -0.1) is 11.8 Å². The Hall–Kier alpha value is -1.57. The van der Waals surface area contributed by atoms with Crippen molar-refractivity contribution in [1.29, 1.82) is 0 Å². The summed E-state index contributed by atoms with van der Waals surface area (Å²) in [5.74, 6) is -0.625. The highest BCUT2D eigenvalue weighted by atomic mass is 35.5. The maximum atomic E-state index is 13.2. The van der Waals surface area contributed by atoms with Crippen LogP contribution in [0.5, 0.6) is 0 Å². The third-order valence-electron chi connectivity index (χ3n) is 3.05. The Balaban J connectivity index is 2.08. The third-order valence-corrected chi connectivity index (χ3v) is 5.04. The first-order chi connectivity index (χ1) is 11.2. The molecule has 0 radical (unpaired) electrons. The summed E-state index contributed by atoms with van der Waals surface area (Å²) in [6, 6.07) is 10.5. The molecular formula is C16H15ClFNO3S2. The maximum absolute atomic E-state index is 13.2. The second-order valence-electron chi connectivity index (χ2n) is 5.15. The van der Waals surface area contributed by atoms with E-state index in [9.17, 15) is 17.6 Å². The van der Waals surface area contributed by atoms with Crippen LogP contribution < -0.4 is 4.72 Å². The number of thioether (sulfide) groups is 1. The van der Waals surface area contributed by atoms with Gasteiger partial charge in [-0.1, -0.05) is 11.6 Å². The summed E-state index contributed by atoms with van der Waals surface area (Å²) in [5.41, 5.74) is 0.849. The lowest BCUT2D eigenvalue weighted by Gasteiger charge is -2.11. The molecule has 0 saturated carbocycles. The molecule has 2 aromatic rings. The van der Waals surface area contributed by atoms with Crippen LogP contribution in [0.4, 0.5) is 10.1 Å². The molecule has 0 bridgehead atoms. The maximum Gasteiger partial charge on any atom is 0.229 e. The van der Waals surface area contributed by atoms with E-state index < -0.39 is 21.1 Å². The molecule has 0 aliphatic rings. The Morgan fingerprint density at radius 3 is 2.38 bits per heavy atom. The van der Waals surface area contributed by atoms with Crippen LogP contribution in [0.2, 0.25) is 5.02 Å². The molecule has 1 N–H and O–H groups in total. The number of nitrogens with one attached hydrogen (secondary N) is 1. The van der Waals surface area contributed by atoms with Gasteiger partial charge < -0.3 is 0 Å². The van der Waals surface area contributed by atoms with E-state index in [1.807, 2.05) is 0 Å². The fourth-order valence-corrected chi connectivity index (χ4v) is 3.75. The van der Waals surface area contributed by atoms with Gasteiger partial charge in [0, 0.05) is 16.1 Å². The Morgan fingerprint density at radius 2 is 1.83 bits per heavy atom. The number of halogens is 2. The molecule has 0 heterocycles. The van der Waals surface area contributed by atoms with Gasteiger partial charge in [-0.25, -0.2) is 12.8 Å². The van der Waals surface area contributed by atoms with E-state index in [1.165, 1.54) is 36.0 Å². The number of benzene rings is 2. The predicted molar refractivity (Wildman–Crippen MR) is 96.0 cm³/mol. The molecule has 2 aromatic carbocycles. The molecule has 0 aliphatic carbocycles. The summed E-state index contributed by atoms with van der Waals surface area (Å²) in [5, 5.41) is -0.393. The monoisotopic (exact) mass is 387 g/mol. The lowest BCUT2D eigenvalue weighted by atomic mass is 10.1. The zero-order valence-corrected chi connectivity index (χ0v) is 15.3. The van der Waals surface area contributed by atoms with E-state index in [4.69, 9.17) is 11.6 Å². The Bertz CT molecular complexity index is 854. The van der Waals surface area contributed by atoms with Crippen molar-refractivity contribution >= 4 is 44.9 Å². The molecule has 1 atom stereocenters. The van der Waals surface area contributed by atoms with Crippen LogP contribution in [0.1, 0.15) is 17.3 Å². The molecule has 2 rings (SSSR count). The van der Waals surface area contributed by atoms with E-state index >= 15 is 0 Å². The lowest BCUT2D eigenvalue weighted by Crippen LogP contribution is -2.14. The molecule has 24 heavy (non-hydrogen) atoms. The number of carbonyl (C=O) groups is 1. The van der Waals surface area contributed by atoms with E-state index in [-0.39, 0.29) is 10.8 Å². The zero-order valence-electron chi connectivity index (χ0n) is 12.9. The average molecular weight is 388 g/mol. The largest absolute Gasteiger partial charge is 0.293 e. The van der Waals surface area contributed by atoms with Crippen molar-refractivity contribution in [3.8, 4) is 0 Å². The number of hydrogen-bond acceptors (Lipinski definition) is 4. The summed E-state index contributed by atoms with van der Waals surface area (Å²) in [4.78, 5) is 13.1. The second kappa shape index (κ2) is 7.55. The second-order valence-corrected chi connectivity index (χ2v) is 8.72. The SMILES string of the molecule is C[C@@H](Sc1ccc(F)c(Cl)c1)C(=O)c1ccc(NS(C)(=O)=O)cc1. The highest BCUT2D eigenvalue weighted by molar-refractivity contribution is 8.00. The van der Waals surface area contributed by atoms with Gasteiger partial charge in [-0.05, 0) is 49.4 Å². The summed E-state index contributed by atoms with van der Waals surface area (Å²) < 4.78 is 37.8. The van der Waals surface area contributed by atoms with E-state index in [2.05, 4.69) is 4.72 Å². The first-order valence-electron chi connectivity index (χ1n) is 6.89. The van der Waals surface area contributed by atoms with Gasteiger partial charge in [0.2, 0.25) is 10.0 Å². The predicted octanol–water partition coefficient (Wildman–Crippen LogP) is 4.21. The number of Topliss-reactive ketones (excluding diaryl/α,β-unsaturated/α-hetero) is 1. The first kappa shape index (κ1) is 18.8. The summed E-state index contributed by atoms with van der Waals surface area (Å²) in [7, 11) is -3.36. The van der Waals surface area contributed by atoms with Crippen LogP contribution in [0.25, 0.3) is 0 Å². The van der Waals surface area contributed by atoms with Crippen molar-refractivity contribution in [3.63, 3.8) is 0 Å².